The Hall–Kier alpha value is -2.22. The van der Waals surface area contributed by atoms with Crippen LogP contribution in [0.3, 0.4) is 0 Å². The van der Waals surface area contributed by atoms with Crippen molar-refractivity contribution in [3.63, 3.8) is 0 Å². The Bertz CT molecular complexity index is 911. The van der Waals surface area contributed by atoms with Gasteiger partial charge in [-0.15, -0.1) is 0 Å². The minimum Gasteiger partial charge on any atom is -0.494 e. The lowest BCUT2D eigenvalue weighted by atomic mass is 10.1. The number of benzene rings is 1. The van der Waals surface area contributed by atoms with Crippen LogP contribution in [0.4, 0.5) is 0 Å². The lowest BCUT2D eigenvalue weighted by molar-refractivity contribution is 0.317. The third kappa shape index (κ3) is 5.39. The van der Waals surface area contributed by atoms with Crippen molar-refractivity contribution in [2.75, 3.05) is 12.4 Å². The molecule has 0 aliphatic rings. The van der Waals surface area contributed by atoms with Crippen LogP contribution >= 0.6 is 11.3 Å². The first kappa shape index (κ1) is 18.6. The van der Waals surface area contributed by atoms with Crippen molar-refractivity contribution in [3.05, 3.63) is 71.1 Å². The highest BCUT2D eigenvalue weighted by molar-refractivity contribution is 7.89. The van der Waals surface area contributed by atoms with Gasteiger partial charge in [0.2, 0.25) is 10.0 Å². The van der Waals surface area contributed by atoms with Gasteiger partial charge < -0.3 is 4.74 Å². The van der Waals surface area contributed by atoms with Gasteiger partial charge in [0.25, 0.3) is 0 Å². The predicted molar refractivity (Wildman–Crippen MR) is 105 cm³/mol. The van der Waals surface area contributed by atoms with E-state index in [0.29, 0.717) is 13.0 Å². The van der Waals surface area contributed by atoms with Crippen LogP contribution in [0.2, 0.25) is 0 Å². The molecule has 0 atom stereocenters. The first-order valence-electron chi connectivity index (χ1n) is 8.26. The summed E-state index contributed by atoms with van der Waals surface area (Å²) in [6.45, 7) is 0.582. The molecule has 26 heavy (non-hydrogen) atoms. The Kier molecular flexibility index (Phi) is 6.38. The molecule has 0 fully saturated rings. The van der Waals surface area contributed by atoms with E-state index in [9.17, 15) is 8.42 Å². The minimum atomic E-state index is -3.37. The van der Waals surface area contributed by atoms with Gasteiger partial charge in [0, 0.05) is 23.7 Å². The second-order valence-corrected chi connectivity index (χ2v) is 8.38. The second-order valence-electron chi connectivity index (χ2n) is 5.68. The summed E-state index contributed by atoms with van der Waals surface area (Å²) in [5, 5.41) is 3.98. The maximum Gasteiger partial charge on any atom is 0.212 e. The van der Waals surface area contributed by atoms with Crippen LogP contribution in [0.15, 0.2) is 65.5 Å². The lowest BCUT2D eigenvalue weighted by Crippen LogP contribution is -2.27. The zero-order valence-corrected chi connectivity index (χ0v) is 15.8. The van der Waals surface area contributed by atoms with Crippen LogP contribution in [0.5, 0.6) is 5.75 Å². The lowest BCUT2D eigenvalue weighted by Gasteiger charge is -2.10. The van der Waals surface area contributed by atoms with Crippen molar-refractivity contribution < 1.29 is 13.2 Å². The van der Waals surface area contributed by atoms with Crippen molar-refractivity contribution in [2.24, 2.45) is 0 Å². The molecule has 0 unspecified atom stereocenters. The van der Waals surface area contributed by atoms with Crippen LogP contribution in [0.1, 0.15) is 12.0 Å². The van der Waals surface area contributed by atoms with Crippen molar-refractivity contribution in [1.29, 1.82) is 0 Å². The zero-order valence-electron chi connectivity index (χ0n) is 14.2. The highest BCUT2D eigenvalue weighted by atomic mass is 32.2. The van der Waals surface area contributed by atoms with Gasteiger partial charge in [-0.25, -0.2) is 13.1 Å². The average Bonchev–Trinajstić information content (AvgIpc) is 3.19. The molecule has 2 aromatic heterocycles. The summed E-state index contributed by atoms with van der Waals surface area (Å²) >= 11 is 1.59. The number of hydrogen-bond donors (Lipinski definition) is 1. The molecular formula is C19H20N2O3S2. The van der Waals surface area contributed by atoms with Crippen LogP contribution in [-0.4, -0.2) is 25.8 Å². The Morgan fingerprint density at radius 1 is 1.08 bits per heavy atom. The van der Waals surface area contributed by atoms with Crippen molar-refractivity contribution >= 4 is 21.4 Å². The number of para-hydroxylation sites is 1. The summed E-state index contributed by atoms with van der Waals surface area (Å²) < 4.78 is 32.6. The SMILES string of the molecule is O=S(=O)(CCCOc1ccccc1)NCc1cccnc1-c1ccsc1. The van der Waals surface area contributed by atoms with E-state index in [2.05, 4.69) is 9.71 Å². The van der Waals surface area contributed by atoms with Crippen LogP contribution < -0.4 is 9.46 Å². The Labute approximate surface area is 157 Å². The molecule has 3 aromatic rings. The number of nitrogens with zero attached hydrogens (tertiary/aromatic N) is 1. The normalized spacial score (nSPS) is 11.4. The largest absolute Gasteiger partial charge is 0.494 e. The molecular weight excluding hydrogens is 368 g/mol. The van der Waals surface area contributed by atoms with E-state index in [1.165, 1.54) is 0 Å². The summed E-state index contributed by atoms with van der Waals surface area (Å²) in [5.41, 5.74) is 2.67. The topological polar surface area (TPSA) is 68.3 Å². The van der Waals surface area contributed by atoms with Gasteiger partial charge in [0.15, 0.2) is 0 Å². The van der Waals surface area contributed by atoms with Crippen LogP contribution in [-0.2, 0) is 16.6 Å². The molecule has 0 radical (unpaired) electrons. The van der Waals surface area contributed by atoms with Crippen LogP contribution in [0, 0.1) is 0 Å². The summed E-state index contributed by atoms with van der Waals surface area (Å²) in [4.78, 5) is 4.38. The van der Waals surface area contributed by atoms with Crippen LogP contribution in [0.25, 0.3) is 11.3 Å². The summed E-state index contributed by atoms with van der Waals surface area (Å²) in [7, 11) is -3.37. The molecule has 136 valence electrons. The molecule has 0 saturated carbocycles. The second kappa shape index (κ2) is 8.93. The molecule has 0 amide bonds. The van der Waals surface area contributed by atoms with Gasteiger partial charge in [0.1, 0.15) is 5.75 Å². The first-order chi connectivity index (χ1) is 12.6. The van der Waals surface area contributed by atoms with E-state index in [1.807, 2.05) is 59.3 Å². The predicted octanol–water partition coefficient (Wildman–Crippen LogP) is 3.70. The number of sulfonamides is 1. The van der Waals surface area contributed by atoms with Crippen molar-refractivity contribution in [3.8, 4) is 17.0 Å². The first-order valence-corrected chi connectivity index (χ1v) is 10.9. The number of nitrogens with one attached hydrogen (secondary N) is 1. The molecule has 7 heteroatoms. The zero-order chi connectivity index (χ0) is 18.2. The fraction of sp³-hybridized carbons (Fsp3) is 0.211. The number of pyridine rings is 1. The van der Waals surface area contributed by atoms with E-state index in [-0.39, 0.29) is 12.3 Å². The quantitative estimate of drug-likeness (QED) is 0.568. The van der Waals surface area contributed by atoms with Gasteiger partial charge in [-0.3, -0.25) is 4.98 Å². The molecule has 5 nitrogen and oxygen atoms in total. The smallest absolute Gasteiger partial charge is 0.212 e. The fourth-order valence-electron chi connectivity index (χ4n) is 2.46. The number of thiophene rings is 1. The maximum atomic E-state index is 12.2. The van der Waals surface area contributed by atoms with E-state index in [4.69, 9.17) is 4.74 Å². The summed E-state index contributed by atoms with van der Waals surface area (Å²) in [6.07, 6.45) is 2.14. The van der Waals surface area contributed by atoms with E-state index in [1.54, 1.807) is 17.5 Å². The molecule has 0 spiro atoms. The average molecular weight is 389 g/mol. The van der Waals surface area contributed by atoms with Gasteiger partial charge in [-0.05, 0) is 41.6 Å². The van der Waals surface area contributed by atoms with Gasteiger partial charge in [-0.2, -0.15) is 11.3 Å². The number of aromatic nitrogens is 1. The Morgan fingerprint density at radius 3 is 2.69 bits per heavy atom. The van der Waals surface area contributed by atoms with Gasteiger partial charge in [-0.1, -0.05) is 24.3 Å². The van der Waals surface area contributed by atoms with Crippen molar-refractivity contribution in [2.45, 2.75) is 13.0 Å². The van der Waals surface area contributed by atoms with Gasteiger partial charge >= 0.3 is 0 Å². The Morgan fingerprint density at radius 2 is 1.92 bits per heavy atom. The molecule has 2 heterocycles. The van der Waals surface area contributed by atoms with E-state index < -0.39 is 10.0 Å². The highest BCUT2D eigenvalue weighted by Crippen LogP contribution is 2.23. The fourth-order valence-corrected chi connectivity index (χ4v) is 4.11. The standard InChI is InChI=1S/C19H20N2O3S2/c22-26(23,13-5-11-24-18-7-2-1-3-8-18)21-14-16-6-4-10-20-19(16)17-9-12-25-15-17/h1-4,6-10,12,15,21H,5,11,13-14H2. The molecule has 0 bridgehead atoms. The van der Waals surface area contributed by atoms with E-state index >= 15 is 0 Å². The summed E-state index contributed by atoms with van der Waals surface area (Å²) in [5.74, 6) is 0.766. The molecule has 3 rings (SSSR count). The molecule has 1 N–H and O–H groups in total. The minimum absolute atomic E-state index is 0.0217. The maximum absolute atomic E-state index is 12.2. The molecule has 1 aromatic carbocycles. The molecule has 0 saturated heterocycles. The number of hydrogen-bond acceptors (Lipinski definition) is 5. The van der Waals surface area contributed by atoms with E-state index in [0.717, 1.165) is 22.6 Å². The number of rotatable bonds is 9. The van der Waals surface area contributed by atoms with Gasteiger partial charge in [0.05, 0.1) is 18.1 Å². The third-order valence-corrected chi connectivity index (χ3v) is 5.83. The Balaban J connectivity index is 1.51. The van der Waals surface area contributed by atoms with Crippen molar-refractivity contribution in [1.82, 2.24) is 9.71 Å². The highest BCUT2D eigenvalue weighted by Gasteiger charge is 2.13. The number of ether oxygens (including phenoxy) is 1. The molecule has 0 aliphatic carbocycles. The third-order valence-electron chi connectivity index (χ3n) is 3.74. The monoisotopic (exact) mass is 388 g/mol. The summed E-state index contributed by atoms with van der Waals surface area (Å²) in [6, 6.07) is 15.0. The molecule has 0 aliphatic heterocycles.